The number of benzene rings is 7. The Morgan fingerprint density at radius 1 is 0.542 bits per heavy atom. The molecule has 1 aliphatic heterocycles. The zero-order valence-electron chi connectivity index (χ0n) is 26.2. The van der Waals surface area contributed by atoms with Gasteiger partial charge >= 0.3 is 0 Å². The third-order valence-electron chi connectivity index (χ3n) is 9.33. The van der Waals surface area contributed by atoms with Crippen molar-refractivity contribution in [2.45, 2.75) is 21.8 Å². The summed E-state index contributed by atoms with van der Waals surface area (Å²) in [6.45, 7) is 0. The summed E-state index contributed by atoms with van der Waals surface area (Å²) in [4.78, 5) is 7.70. The van der Waals surface area contributed by atoms with Crippen LogP contribution in [0.15, 0.2) is 196 Å². The topological polar surface area (TPSA) is 15.3 Å². The van der Waals surface area contributed by atoms with Crippen LogP contribution >= 0.6 is 23.5 Å². The average Bonchev–Trinajstić information content (AvgIpc) is 3.15. The third-order valence-corrected chi connectivity index (χ3v) is 11.9. The van der Waals surface area contributed by atoms with E-state index >= 15 is 0 Å². The number of fused-ring (bicyclic) bond motifs is 3. The fraction of sp³-hybridized carbons (Fsp3) is 0.0455. The van der Waals surface area contributed by atoms with Gasteiger partial charge in [-0.2, -0.15) is 0 Å². The van der Waals surface area contributed by atoms with E-state index in [1.807, 2.05) is 23.5 Å². The first kappa shape index (κ1) is 29.0. The second-order valence-corrected chi connectivity index (χ2v) is 14.5. The van der Waals surface area contributed by atoms with Gasteiger partial charge in [0.25, 0.3) is 0 Å². The second-order valence-electron chi connectivity index (χ2n) is 12.3. The zero-order valence-corrected chi connectivity index (χ0v) is 27.8. The molecule has 1 aliphatic carbocycles. The van der Waals surface area contributed by atoms with Gasteiger partial charge in [0.15, 0.2) is 0 Å². The number of allylic oxidation sites excluding steroid dienone is 1. The summed E-state index contributed by atoms with van der Waals surface area (Å²) < 4.78 is 0. The Hall–Kier alpha value is -5.16. The average molecular weight is 653 g/mol. The Kier molecular flexibility index (Phi) is 7.33. The number of nitrogens with zero attached hydrogens (tertiary/aromatic N) is 1. The first-order valence-corrected chi connectivity index (χ1v) is 17.9. The molecule has 0 aromatic heterocycles. The fourth-order valence-electron chi connectivity index (χ4n) is 7.01. The largest absolute Gasteiger partial charge is 0.371 e. The molecule has 1 heterocycles. The molecule has 230 valence electrons. The van der Waals surface area contributed by atoms with Crippen LogP contribution in [0.3, 0.4) is 0 Å². The van der Waals surface area contributed by atoms with Crippen LogP contribution in [0.4, 0.5) is 22.7 Å². The lowest BCUT2D eigenvalue weighted by atomic mass is 9.83. The maximum absolute atomic E-state index is 4.04. The molecular formula is C44H32N2S2. The predicted molar refractivity (Wildman–Crippen MR) is 207 cm³/mol. The van der Waals surface area contributed by atoms with E-state index in [1.165, 1.54) is 52.4 Å². The van der Waals surface area contributed by atoms with Gasteiger partial charge in [0, 0.05) is 53.9 Å². The SMILES string of the molecule is C1=CC(Nc2cccc3ccccc23)(c2ccccc2)CC2=C1Sc1cc(N(c3ccccc3)c3cccc4ccccc34)ccc1S2. The molecule has 2 nitrogen and oxygen atoms in total. The molecule has 0 saturated carbocycles. The van der Waals surface area contributed by atoms with Crippen molar-refractivity contribution in [3.8, 4) is 0 Å². The number of thioether (sulfide) groups is 2. The van der Waals surface area contributed by atoms with Crippen LogP contribution in [0.5, 0.6) is 0 Å². The molecule has 7 aromatic carbocycles. The third kappa shape index (κ3) is 5.18. The normalized spacial score (nSPS) is 16.8. The minimum Gasteiger partial charge on any atom is -0.371 e. The Labute approximate surface area is 289 Å². The number of rotatable bonds is 6. The molecule has 0 spiro atoms. The number of hydrogen-bond donors (Lipinski definition) is 1. The molecule has 48 heavy (non-hydrogen) atoms. The summed E-state index contributed by atoms with van der Waals surface area (Å²) in [6, 6.07) is 59.0. The summed E-state index contributed by atoms with van der Waals surface area (Å²) in [7, 11) is 0. The van der Waals surface area contributed by atoms with Crippen LogP contribution in [0, 0.1) is 0 Å². The van der Waals surface area contributed by atoms with Gasteiger partial charge in [-0.15, -0.1) is 0 Å². The molecule has 7 aromatic rings. The van der Waals surface area contributed by atoms with E-state index in [-0.39, 0.29) is 5.54 Å². The van der Waals surface area contributed by atoms with Crippen molar-refractivity contribution in [3.05, 3.63) is 191 Å². The van der Waals surface area contributed by atoms with Crippen LogP contribution in [0.2, 0.25) is 0 Å². The van der Waals surface area contributed by atoms with E-state index < -0.39 is 0 Å². The lowest BCUT2D eigenvalue weighted by molar-refractivity contribution is 0.612. The Morgan fingerprint density at radius 3 is 2.02 bits per heavy atom. The monoisotopic (exact) mass is 652 g/mol. The molecule has 0 bridgehead atoms. The molecular weight excluding hydrogens is 621 g/mol. The quantitative estimate of drug-likeness (QED) is 0.192. The van der Waals surface area contributed by atoms with Crippen molar-refractivity contribution in [2.24, 2.45) is 0 Å². The molecule has 9 rings (SSSR count). The van der Waals surface area contributed by atoms with Crippen molar-refractivity contribution in [1.29, 1.82) is 0 Å². The van der Waals surface area contributed by atoms with Gasteiger partial charge in [0.1, 0.15) is 0 Å². The van der Waals surface area contributed by atoms with Crippen LogP contribution in [0.1, 0.15) is 12.0 Å². The summed E-state index contributed by atoms with van der Waals surface area (Å²) in [6.07, 6.45) is 5.60. The van der Waals surface area contributed by atoms with E-state index in [1.54, 1.807) is 0 Å². The van der Waals surface area contributed by atoms with Crippen molar-refractivity contribution in [1.82, 2.24) is 0 Å². The number of nitrogens with one attached hydrogen (secondary N) is 1. The zero-order chi connectivity index (χ0) is 31.9. The Bertz CT molecular complexity index is 2350. The van der Waals surface area contributed by atoms with Gasteiger partial charge in [-0.25, -0.2) is 0 Å². The molecule has 0 amide bonds. The van der Waals surface area contributed by atoms with Crippen molar-refractivity contribution >= 4 is 67.8 Å². The van der Waals surface area contributed by atoms with Gasteiger partial charge in [-0.3, -0.25) is 0 Å². The molecule has 1 unspecified atom stereocenters. The lowest BCUT2D eigenvalue weighted by Crippen LogP contribution is -2.35. The van der Waals surface area contributed by atoms with E-state index in [0.717, 1.165) is 23.5 Å². The molecule has 0 saturated heterocycles. The van der Waals surface area contributed by atoms with E-state index in [4.69, 9.17) is 0 Å². The van der Waals surface area contributed by atoms with E-state index in [0.29, 0.717) is 0 Å². The van der Waals surface area contributed by atoms with E-state index in [9.17, 15) is 0 Å². The minimum absolute atomic E-state index is 0.367. The highest BCUT2D eigenvalue weighted by Gasteiger charge is 2.36. The standard InChI is InChI=1S/C44H32N2S2/c1-3-17-33(18-4-1)44(45-38-23-11-15-31-13-7-9-21-36(31)38)28-27-41-43(30-44)48-40-26-25-35(29-42(40)47-41)46(34-19-5-2-6-20-34)39-24-12-16-32-14-8-10-22-37(32)39/h1-29,45H,30H2. The fourth-order valence-corrected chi connectivity index (χ4v) is 9.45. The smallest absolute Gasteiger partial charge is 0.0859 e. The molecule has 0 fully saturated rings. The molecule has 0 radical (unpaired) electrons. The van der Waals surface area contributed by atoms with Crippen LogP contribution in [0.25, 0.3) is 21.5 Å². The number of para-hydroxylation sites is 1. The maximum atomic E-state index is 4.04. The van der Waals surface area contributed by atoms with Crippen molar-refractivity contribution < 1.29 is 0 Å². The summed E-state index contributed by atoms with van der Waals surface area (Å²) >= 11 is 3.80. The van der Waals surface area contributed by atoms with Gasteiger partial charge in [0.05, 0.1) is 11.2 Å². The Balaban J connectivity index is 1.09. The van der Waals surface area contributed by atoms with Gasteiger partial charge in [0.2, 0.25) is 0 Å². The highest BCUT2D eigenvalue weighted by atomic mass is 32.2. The first-order valence-electron chi connectivity index (χ1n) is 16.3. The lowest BCUT2D eigenvalue weighted by Gasteiger charge is -2.39. The van der Waals surface area contributed by atoms with Crippen LogP contribution in [-0.2, 0) is 5.54 Å². The molecule has 2 aliphatic rings. The van der Waals surface area contributed by atoms with Crippen LogP contribution < -0.4 is 10.2 Å². The highest BCUT2D eigenvalue weighted by molar-refractivity contribution is 8.09. The second kappa shape index (κ2) is 12.1. The minimum atomic E-state index is -0.367. The predicted octanol–water partition coefficient (Wildman–Crippen LogP) is 12.8. The van der Waals surface area contributed by atoms with Crippen molar-refractivity contribution in [3.63, 3.8) is 0 Å². The van der Waals surface area contributed by atoms with Gasteiger partial charge < -0.3 is 10.2 Å². The maximum Gasteiger partial charge on any atom is 0.0859 e. The van der Waals surface area contributed by atoms with Gasteiger partial charge in [-0.05, 0) is 64.9 Å². The first-order chi connectivity index (χ1) is 23.7. The molecule has 1 atom stereocenters. The molecule has 1 N–H and O–H groups in total. The number of hydrogen-bond acceptors (Lipinski definition) is 4. The Morgan fingerprint density at radius 2 is 1.21 bits per heavy atom. The van der Waals surface area contributed by atoms with Gasteiger partial charge in [-0.1, -0.05) is 151 Å². The summed E-state index contributed by atoms with van der Waals surface area (Å²) in [5.74, 6) is 0. The van der Waals surface area contributed by atoms with Crippen LogP contribution in [-0.4, -0.2) is 0 Å². The summed E-state index contributed by atoms with van der Waals surface area (Å²) in [5.41, 5.74) is 5.53. The van der Waals surface area contributed by atoms with Crippen molar-refractivity contribution in [2.75, 3.05) is 10.2 Å². The molecule has 4 heteroatoms. The van der Waals surface area contributed by atoms with E-state index in [2.05, 4.69) is 186 Å². The summed E-state index contributed by atoms with van der Waals surface area (Å²) in [5, 5.41) is 8.99. The number of anilines is 4. The highest BCUT2D eigenvalue weighted by Crippen LogP contribution is 2.55.